The van der Waals surface area contributed by atoms with Gasteiger partial charge in [-0.25, -0.2) is 27.5 Å². The molecule has 1 aliphatic heterocycles. The van der Waals surface area contributed by atoms with Crippen molar-refractivity contribution in [2.45, 2.75) is 37.8 Å². The van der Waals surface area contributed by atoms with E-state index in [1.807, 2.05) is 0 Å². The van der Waals surface area contributed by atoms with Crippen LogP contribution in [0.5, 0.6) is 0 Å². The van der Waals surface area contributed by atoms with Crippen LogP contribution in [0.15, 0.2) is 35.5 Å². The molecule has 4 rings (SSSR count). The second-order valence-electron chi connectivity index (χ2n) is 7.41. The SMILES string of the molecule is Cc1cnc(C(=O)Nc2ccc(F)c([C@@]3(C(F)F)N=C(N)O[C@@H]4CC[C@@H]43)c2)c(F)c1. The van der Waals surface area contributed by atoms with Gasteiger partial charge in [-0.1, -0.05) is 0 Å². The first-order valence-electron chi connectivity index (χ1n) is 9.26. The van der Waals surface area contributed by atoms with E-state index in [2.05, 4.69) is 15.3 Å². The number of nitrogens with two attached hydrogens (primary N) is 1. The summed E-state index contributed by atoms with van der Waals surface area (Å²) in [4.78, 5) is 20.0. The predicted octanol–water partition coefficient (Wildman–Crippen LogP) is 3.50. The van der Waals surface area contributed by atoms with Crippen molar-refractivity contribution < 1.29 is 27.1 Å². The summed E-state index contributed by atoms with van der Waals surface area (Å²) in [5.74, 6) is -3.41. The second-order valence-corrected chi connectivity index (χ2v) is 7.41. The second kappa shape index (κ2) is 7.26. The normalized spacial score (nSPS) is 25.1. The molecule has 0 spiro atoms. The monoisotopic (exact) mass is 422 g/mol. The van der Waals surface area contributed by atoms with Crippen molar-refractivity contribution in [3.63, 3.8) is 0 Å². The minimum absolute atomic E-state index is 0.00524. The van der Waals surface area contributed by atoms with Crippen molar-refractivity contribution in [2.75, 3.05) is 5.32 Å². The third-order valence-corrected chi connectivity index (χ3v) is 5.52. The zero-order chi connectivity index (χ0) is 21.6. The lowest BCUT2D eigenvalue weighted by Gasteiger charge is -2.50. The molecule has 2 aromatic rings. The molecule has 158 valence electrons. The van der Waals surface area contributed by atoms with E-state index in [1.165, 1.54) is 12.3 Å². The van der Waals surface area contributed by atoms with Gasteiger partial charge in [0.25, 0.3) is 18.4 Å². The van der Waals surface area contributed by atoms with Gasteiger partial charge in [-0.2, -0.15) is 0 Å². The summed E-state index contributed by atoms with van der Waals surface area (Å²) < 4.78 is 62.6. The number of ether oxygens (including phenoxy) is 1. The van der Waals surface area contributed by atoms with Gasteiger partial charge in [0.15, 0.2) is 17.1 Å². The number of pyridine rings is 1. The number of benzene rings is 1. The number of amidine groups is 1. The van der Waals surface area contributed by atoms with Crippen LogP contribution in [0.4, 0.5) is 23.2 Å². The Balaban J connectivity index is 1.73. The summed E-state index contributed by atoms with van der Waals surface area (Å²) in [5.41, 5.74) is 3.01. The maximum absolute atomic E-state index is 14.7. The number of aryl methyl sites for hydroxylation is 1. The van der Waals surface area contributed by atoms with Crippen LogP contribution in [0.1, 0.15) is 34.5 Å². The summed E-state index contributed by atoms with van der Waals surface area (Å²) >= 11 is 0. The van der Waals surface area contributed by atoms with Gasteiger partial charge in [0, 0.05) is 23.4 Å². The first-order valence-corrected chi connectivity index (χ1v) is 9.26. The van der Waals surface area contributed by atoms with Crippen LogP contribution in [-0.4, -0.2) is 29.4 Å². The molecule has 3 N–H and O–H groups in total. The Labute approximate surface area is 169 Å². The summed E-state index contributed by atoms with van der Waals surface area (Å²) in [6.07, 6.45) is -1.47. The molecule has 0 bridgehead atoms. The molecule has 0 unspecified atom stereocenters. The van der Waals surface area contributed by atoms with E-state index in [1.54, 1.807) is 6.92 Å². The van der Waals surface area contributed by atoms with Crippen molar-refractivity contribution in [3.05, 3.63) is 58.9 Å². The number of nitrogens with one attached hydrogen (secondary N) is 1. The highest BCUT2D eigenvalue weighted by Crippen LogP contribution is 2.53. The fourth-order valence-corrected chi connectivity index (χ4v) is 3.95. The van der Waals surface area contributed by atoms with Gasteiger partial charge in [0.2, 0.25) is 0 Å². The molecule has 1 fully saturated rings. The molecule has 1 aromatic heterocycles. The molecule has 10 heteroatoms. The molecule has 2 heterocycles. The third kappa shape index (κ3) is 3.16. The minimum Gasteiger partial charge on any atom is -0.462 e. The smallest absolute Gasteiger partial charge is 0.283 e. The van der Waals surface area contributed by atoms with Crippen molar-refractivity contribution >= 4 is 17.6 Å². The van der Waals surface area contributed by atoms with Crippen LogP contribution in [-0.2, 0) is 10.3 Å². The van der Waals surface area contributed by atoms with Crippen LogP contribution in [0.3, 0.4) is 0 Å². The molecule has 1 aliphatic carbocycles. The average Bonchev–Trinajstić information content (AvgIpc) is 2.65. The van der Waals surface area contributed by atoms with Gasteiger partial charge >= 0.3 is 0 Å². The standard InChI is InChI=1S/C20H18F4N4O2/c1-9-6-14(22)16(26-8-9)17(29)27-10-2-4-13(21)12(7-10)20(18(23)24)11-3-5-15(11)30-19(25)28-20/h2,4,6-8,11,15,18H,3,5H2,1H3,(H2,25,28)(H,27,29)/t11-,15+,20-/m0/s1. The van der Waals surface area contributed by atoms with Gasteiger partial charge in [-0.05, 0) is 49.6 Å². The number of rotatable bonds is 4. The van der Waals surface area contributed by atoms with Crippen molar-refractivity contribution in [3.8, 4) is 0 Å². The van der Waals surface area contributed by atoms with E-state index in [0.29, 0.717) is 18.4 Å². The molecule has 0 saturated heterocycles. The quantitative estimate of drug-likeness (QED) is 0.738. The van der Waals surface area contributed by atoms with E-state index in [0.717, 1.165) is 18.2 Å². The van der Waals surface area contributed by atoms with Crippen LogP contribution in [0.25, 0.3) is 0 Å². The molecule has 1 amide bonds. The number of hydrogen-bond acceptors (Lipinski definition) is 5. The number of amides is 1. The first kappa shape index (κ1) is 20.1. The molecule has 2 aliphatic rings. The van der Waals surface area contributed by atoms with E-state index in [4.69, 9.17) is 10.5 Å². The number of anilines is 1. The molecule has 1 aromatic carbocycles. The lowest BCUT2D eigenvalue weighted by atomic mass is 9.65. The van der Waals surface area contributed by atoms with Gasteiger partial charge in [0.05, 0.1) is 0 Å². The van der Waals surface area contributed by atoms with Crippen LogP contribution in [0, 0.1) is 24.5 Å². The largest absolute Gasteiger partial charge is 0.462 e. The number of aromatic nitrogens is 1. The zero-order valence-corrected chi connectivity index (χ0v) is 15.8. The molecule has 30 heavy (non-hydrogen) atoms. The van der Waals surface area contributed by atoms with Crippen LogP contribution >= 0.6 is 0 Å². The van der Waals surface area contributed by atoms with Gasteiger partial charge in [0.1, 0.15) is 11.9 Å². The van der Waals surface area contributed by atoms with Crippen LogP contribution < -0.4 is 11.1 Å². The number of aliphatic imine (C=N–C) groups is 1. The average molecular weight is 422 g/mol. The molecular formula is C20H18F4N4O2. The number of fused-ring (bicyclic) bond motifs is 1. The maximum atomic E-state index is 14.7. The lowest BCUT2D eigenvalue weighted by molar-refractivity contribution is -0.0949. The summed E-state index contributed by atoms with van der Waals surface area (Å²) in [6.45, 7) is 1.61. The Morgan fingerprint density at radius 2 is 2.03 bits per heavy atom. The molecule has 1 saturated carbocycles. The predicted molar refractivity (Wildman–Crippen MR) is 100 cm³/mol. The van der Waals surface area contributed by atoms with Gasteiger partial charge in [-0.3, -0.25) is 4.79 Å². The Hall–Kier alpha value is -3.17. The highest BCUT2D eigenvalue weighted by atomic mass is 19.3. The Bertz CT molecular complexity index is 1050. The Morgan fingerprint density at radius 3 is 2.67 bits per heavy atom. The topological polar surface area (TPSA) is 89.6 Å². The minimum atomic E-state index is -3.07. The molecule has 6 nitrogen and oxygen atoms in total. The third-order valence-electron chi connectivity index (χ3n) is 5.52. The van der Waals surface area contributed by atoms with Crippen molar-refractivity contribution in [2.24, 2.45) is 16.6 Å². The number of carbonyl (C=O) groups excluding carboxylic acids is 1. The highest BCUT2D eigenvalue weighted by molar-refractivity contribution is 6.03. The number of halogens is 4. The Morgan fingerprint density at radius 1 is 1.27 bits per heavy atom. The lowest BCUT2D eigenvalue weighted by Crippen LogP contribution is -2.57. The zero-order valence-electron chi connectivity index (χ0n) is 15.8. The highest BCUT2D eigenvalue weighted by Gasteiger charge is 2.59. The number of alkyl halides is 2. The molecular weight excluding hydrogens is 404 g/mol. The van der Waals surface area contributed by atoms with E-state index < -0.39 is 58.8 Å². The Kier molecular flexibility index (Phi) is 4.87. The number of nitrogens with zero attached hydrogens (tertiary/aromatic N) is 2. The van der Waals surface area contributed by atoms with Crippen molar-refractivity contribution in [1.82, 2.24) is 4.98 Å². The summed E-state index contributed by atoms with van der Waals surface area (Å²) in [5, 5.41) is 2.37. The molecule has 0 radical (unpaired) electrons. The van der Waals surface area contributed by atoms with E-state index >= 15 is 0 Å². The van der Waals surface area contributed by atoms with E-state index in [-0.39, 0.29) is 5.69 Å². The van der Waals surface area contributed by atoms with E-state index in [9.17, 15) is 22.4 Å². The molecule has 3 atom stereocenters. The van der Waals surface area contributed by atoms with Crippen molar-refractivity contribution in [1.29, 1.82) is 0 Å². The fourth-order valence-electron chi connectivity index (χ4n) is 3.95. The fraction of sp³-hybridized carbons (Fsp3) is 0.350. The number of hydrogen-bond donors (Lipinski definition) is 2. The number of carbonyl (C=O) groups is 1. The van der Waals surface area contributed by atoms with Gasteiger partial charge in [-0.15, -0.1) is 0 Å². The summed E-state index contributed by atoms with van der Waals surface area (Å²) in [6, 6.07) is 3.91. The first-order chi connectivity index (χ1) is 14.2. The van der Waals surface area contributed by atoms with Crippen LogP contribution in [0.2, 0.25) is 0 Å². The van der Waals surface area contributed by atoms with Gasteiger partial charge < -0.3 is 15.8 Å². The summed E-state index contributed by atoms with van der Waals surface area (Å²) in [7, 11) is 0. The maximum Gasteiger partial charge on any atom is 0.283 e.